The fourth-order valence-corrected chi connectivity index (χ4v) is 4.10. The molecule has 0 unspecified atom stereocenters. The zero-order valence-electron chi connectivity index (χ0n) is 15.0. The molecule has 2 aromatic carbocycles. The van der Waals surface area contributed by atoms with Crippen LogP contribution in [0, 0.1) is 5.92 Å². The van der Waals surface area contributed by atoms with E-state index in [9.17, 15) is 9.59 Å². The monoisotopic (exact) mass is 373 g/mol. The first kappa shape index (κ1) is 16.7. The molecule has 2 aliphatic rings. The number of hydrogen-bond donors (Lipinski definition) is 4. The first-order valence-electron chi connectivity index (χ1n) is 9.28. The number of carbonyl (C=O) groups is 2. The summed E-state index contributed by atoms with van der Waals surface area (Å²) in [5, 5.41) is 11.2. The Labute approximate surface area is 161 Å². The largest absolute Gasteiger partial charge is 0.360 e. The molecule has 5 rings (SSSR count). The Balaban J connectivity index is 1.45. The number of aromatic amines is 1. The highest BCUT2D eigenvalue weighted by molar-refractivity contribution is 6.15. The summed E-state index contributed by atoms with van der Waals surface area (Å²) in [6.07, 6.45) is 4.18. The minimum absolute atomic E-state index is 0.0136. The minimum atomic E-state index is -0.291. The van der Waals surface area contributed by atoms with Crippen molar-refractivity contribution < 1.29 is 9.59 Å². The number of anilines is 1. The second kappa shape index (κ2) is 6.61. The predicted molar refractivity (Wildman–Crippen MR) is 107 cm³/mol. The van der Waals surface area contributed by atoms with Crippen LogP contribution in [0.1, 0.15) is 33.9 Å². The van der Waals surface area contributed by atoms with Crippen LogP contribution in [0.5, 0.6) is 0 Å². The molecule has 28 heavy (non-hydrogen) atoms. The summed E-state index contributed by atoms with van der Waals surface area (Å²) in [6.45, 7) is 0.793. The van der Waals surface area contributed by atoms with E-state index in [0.717, 1.165) is 35.0 Å². The van der Waals surface area contributed by atoms with Gasteiger partial charge in [-0.3, -0.25) is 9.59 Å². The van der Waals surface area contributed by atoms with E-state index < -0.39 is 0 Å². The van der Waals surface area contributed by atoms with Crippen molar-refractivity contribution in [1.29, 1.82) is 0 Å². The highest BCUT2D eigenvalue weighted by Crippen LogP contribution is 2.32. The Hall–Kier alpha value is -3.45. The van der Waals surface area contributed by atoms with Gasteiger partial charge < -0.3 is 15.6 Å². The number of nitrogens with zero attached hydrogens (tertiary/aromatic N) is 1. The van der Waals surface area contributed by atoms with Crippen molar-refractivity contribution in [2.24, 2.45) is 11.0 Å². The fourth-order valence-electron chi connectivity index (χ4n) is 4.10. The molecule has 2 amide bonds. The van der Waals surface area contributed by atoms with Crippen molar-refractivity contribution in [2.45, 2.75) is 12.5 Å². The van der Waals surface area contributed by atoms with E-state index in [1.54, 1.807) is 18.5 Å². The third-order valence-electron chi connectivity index (χ3n) is 5.41. The number of H-pyrrole nitrogens is 1. The highest BCUT2D eigenvalue weighted by Gasteiger charge is 2.34. The Morgan fingerprint density at radius 3 is 2.89 bits per heavy atom. The van der Waals surface area contributed by atoms with Gasteiger partial charge in [-0.25, -0.2) is 5.43 Å². The number of carbonyl (C=O) groups excluding carboxylic acids is 2. The van der Waals surface area contributed by atoms with Crippen LogP contribution in [-0.4, -0.2) is 29.6 Å². The van der Waals surface area contributed by atoms with E-state index in [-0.39, 0.29) is 23.8 Å². The van der Waals surface area contributed by atoms with Gasteiger partial charge in [0, 0.05) is 34.4 Å². The minimum Gasteiger partial charge on any atom is -0.360 e. The van der Waals surface area contributed by atoms with E-state index in [1.807, 2.05) is 36.4 Å². The first-order valence-corrected chi connectivity index (χ1v) is 9.28. The topological polar surface area (TPSA) is 98.4 Å². The molecule has 0 radical (unpaired) electrons. The van der Waals surface area contributed by atoms with Crippen LogP contribution in [0.15, 0.2) is 53.8 Å². The number of amides is 2. The summed E-state index contributed by atoms with van der Waals surface area (Å²) >= 11 is 0. The van der Waals surface area contributed by atoms with Gasteiger partial charge in [0.2, 0.25) is 5.91 Å². The van der Waals surface area contributed by atoms with Crippen LogP contribution < -0.4 is 16.1 Å². The summed E-state index contributed by atoms with van der Waals surface area (Å²) in [5.74, 6) is -0.517. The molecule has 0 aliphatic carbocycles. The SMILES string of the molecule is O=C1NN=Cc2c[nH]c3cc(NC(=O)[C@@H]4CCN[C@H]4c4ccccc4)cc1c23. The third-order valence-corrected chi connectivity index (χ3v) is 5.41. The van der Waals surface area contributed by atoms with Gasteiger partial charge in [0.05, 0.1) is 17.7 Å². The molecule has 2 atom stereocenters. The zero-order valence-corrected chi connectivity index (χ0v) is 15.0. The molecular formula is C21H19N5O2. The van der Waals surface area contributed by atoms with Crippen molar-refractivity contribution in [3.05, 3.63) is 65.4 Å². The molecule has 1 fully saturated rings. The Morgan fingerprint density at radius 1 is 1.18 bits per heavy atom. The molecule has 1 saturated heterocycles. The molecule has 0 bridgehead atoms. The third kappa shape index (κ3) is 2.76. The summed E-state index contributed by atoms with van der Waals surface area (Å²) in [5.41, 5.74) is 6.31. The molecule has 0 spiro atoms. The molecular weight excluding hydrogens is 354 g/mol. The Kier molecular flexibility index (Phi) is 3.95. The van der Waals surface area contributed by atoms with E-state index in [1.165, 1.54) is 0 Å². The van der Waals surface area contributed by atoms with Crippen molar-refractivity contribution in [2.75, 3.05) is 11.9 Å². The Bertz CT molecular complexity index is 1100. The maximum atomic E-state index is 13.0. The lowest BCUT2D eigenvalue weighted by Crippen LogP contribution is -2.28. The molecule has 0 saturated carbocycles. The van der Waals surface area contributed by atoms with Gasteiger partial charge in [-0.15, -0.1) is 0 Å². The van der Waals surface area contributed by atoms with Crippen LogP contribution in [0.4, 0.5) is 5.69 Å². The maximum absolute atomic E-state index is 13.0. The van der Waals surface area contributed by atoms with Gasteiger partial charge in [0.1, 0.15) is 0 Å². The van der Waals surface area contributed by atoms with Gasteiger partial charge in [-0.05, 0) is 30.7 Å². The Morgan fingerprint density at radius 2 is 2.04 bits per heavy atom. The van der Waals surface area contributed by atoms with Gasteiger partial charge in [0.25, 0.3) is 5.91 Å². The molecule has 7 nitrogen and oxygen atoms in total. The van der Waals surface area contributed by atoms with Gasteiger partial charge in [0.15, 0.2) is 0 Å². The van der Waals surface area contributed by atoms with E-state index in [2.05, 4.69) is 26.1 Å². The molecule has 3 heterocycles. The number of nitrogens with one attached hydrogen (secondary N) is 4. The van der Waals surface area contributed by atoms with Gasteiger partial charge in [-0.2, -0.15) is 5.10 Å². The standard InChI is InChI=1S/C21H19N5O2/c27-20(15-6-7-22-19(15)12-4-2-1-3-5-12)25-14-8-16-18-13(10-23-17(18)9-14)11-24-26-21(16)28/h1-5,8-11,15,19,22-23H,6-7H2,(H,25,27)(H,26,28)/t15-,19+/m1/s1. The van der Waals surface area contributed by atoms with E-state index in [0.29, 0.717) is 11.3 Å². The second-order valence-electron chi connectivity index (χ2n) is 7.12. The smallest absolute Gasteiger partial charge is 0.272 e. The normalized spacial score (nSPS) is 20.8. The summed E-state index contributed by atoms with van der Waals surface area (Å²) in [6, 6.07) is 13.6. The highest BCUT2D eigenvalue weighted by atomic mass is 16.2. The summed E-state index contributed by atoms with van der Waals surface area (Å²) < 4.78 is 0. The lowest BCUT2D eigenvalue weighted by atomic mass is 9.93. The number of hydrazone groups is 1. The van der Waals surface area contributed by atoms with Gasteiger partial charge >= 0.3 is 0 Å². The van der Waals surface area contributed by atoms with Gasteiger partial charge in [-0.1, -0.05) is 30.3 Å². The average Bonchev–Trinajstić information content (AvgIpc) is 3.32. The lowest BCUT2D eigenvalue weighted by Gasteiger charge is -2.20. The average molecular weight is 373 g/mol. The maximum Gasteiger partial charge on any atom is 0.272 e. The number of rotatable bonds is 3. The van der Waals surface area contributed by atoms with Crippen LogP contribution in [0.25, 0.3) is 10.9 Å². The van der Waals surface area contributed by atoms with Crippen molar-refractivity contribution in [3.8, 4) is 0 Å². The van der Waals surface area contributed by atoms with E-state index in [4.69, 9.17) is 0 Å². The van der Waals surface area contributed by atoms with Crippen molar-refractivity contribution >= 4 is 34.6 Å². The number of hydrogen-bond acceptors (Lipinski definition) is 4. The van der Waals surface area contributed by atoms with Crippen LogP contribution in [0.2, 0.25) is 0 Å². The lowest BCUT2D eigenvalue weighted by molar-refractivity contribution is -0.120. The first-order chi connectivity index (χ1) is 13.7. The van der Waals surface area contributed by atoms with Crippen molar-refractivity contribution in [1.82, 2.24) is 15.7 Å². The van der Waals surface area contributed by atoms with E-state index >= 15 is 0 Å². The molecule has 2 aliphatic heterocycles. The molecule has 4 N–H and O–H groups in total. The molecule has 1 aromatic heterocycles. The van der Waals surface area contributed by atoms with Crippen LogP contribution in [-0.2, 0) is 4.79 Å². The van der Waals surface area contributed by atoms with Crippen LogP contribution in [0.3, 0.4) is 0 Å². The quantitative estimate of drug-likeness (QED) is 0.568. The summed E-state index contributed by atoms with van der Waals surface area (Å²) in [4.78, 5) is 28.5. The number of benzene rings is 2. The fraction of sp³-hybridized carbons (Fsp3) is 0.190. The molecule has 7 heteroatoms. The summed E-state index contributed by atoms with van der Waals surface area (Å²) in [7, 11) is 0. The molecule has 3 aromatic rings. The zero-order chi connectivity index (χ0) is 19.1. The number of aromatic nitrogens is 1. The second-order valence-corrected chi connectivity index (χ2v) is 7.12. The molecule has 140 valence electrons. The van der Waals surface area contributed by atoms with Crippen LogP contribution >= 0.6 is 0 Å². The van der Waals surface area contributed by atoms with Crippen molar-refractivity contribution in [3.63, 3.8) is 0 Å². The predicted octanol–water partition coefficient (Wildman–Crippen LogP) is 2.53.